The van der Waals surface area contributed by atoms with Gasteiger partial charge in [0.1, 0.15) is 5.78 Å². The molecule has 14 aliphatic heterocycles. The molecule has 0 aromatic heterocycles. The van der Waals surface area contributed by atoms with E-state index in [0.717, 1.165) is 174 Å². The van der Waals surface area contributed by atoms with E-state index in [2.05, 4.69) is 231 Å². The number of likely N-dealkylation sites (N-methyl/N-ethyl adjacent to an activating group) is 2. The monoisotopic (exact) mass is 1980 g/mol. The van der Waals surface area contributed by atoms with E-state index in [-0.39, 0.29) is 30.7 Å². The highest BCUT2D eigenvalue weighted by molar-refractivity contribution is 6.00. The van der Waals surface area contributed by atoms with Crippen molar-refractivity contribution in [1.82, 2.24) is 68.6 Å². The van der Waals surface area contributed by atoms with E-state index in [9.17, 15) is 14.7 Å². The number of ketones is 2. The van der Waals surface area contributed by atoms with Gasteiger partial charge < -0.3 is 79.6 Å². The maximum atomic E-state index is 12.2. The molecule has 0 aliphatic carbocycles. The average molecular weight is 1980 g/mol. The predicted molar refractivity (Wildman–Crippen MR) is 601 cm³/mol. The van der Waals surface area contributed by atoms with Crippen LogP contribution in [0.15, 0.2) is 189 Å². The fraction of sp³-hybridized carbons (Fsp3) is 0.669. The quantitative estimate of drug-likeness (QED) is 0.0147. The lowest BCUT2D eigenvalue weighted by molar-refractivity contribution is -0.116. The molecule has 13 fully saturated rings. The van der Waals surface area contributed by atoms with Gasteiger partial charge in [-0.25, -0.2) is 0 Å². The van der Waals surface area contributed by atoms with Crippen molar-refractivity contribution < 1.29 is 40.2 Å². The Morgan fingerprint density at radius 3 is 1.11 bits per heavy atom. The summed E-state index contributed by atoms with van der Waals surface area (Å²) < 4.78 is 0. The molecule has 20 rings (SSSR count). The van der Waals surface area contributed by atoms with Crippen molar-refractivity contribution in [2.24, 2.45) is 0 Å². The van der Waals surface area contributed by atoms with Crippen LogP contribution in [0.3, 0.4) is 0 Å². The van der Waals surface area contributed by atoms with Gasteiger partial charge in [-0.2, -0.15) is 0 Å². The molecule has 4 unspecified atom stereocenters. The minimum atomic E-state index is -0.543. The Kier molecular flexibility index (Phi) is 68.8. The number of hydrogen-bond donors (Lipinski definition) is 6. The van der Waals surface area contributed by atoms with Gasteiger partial charge in [0.15, 0.2) is 5.78 Å². The van der Waals surface area contributed by atoms with E-state index >= 15 is 0 Å². The first-order valence-corrected chi connectivity index (χ1v) is 56.9. The second-order valence-electron chi connectivity index (χ2n) is 41.6. The van der Waals surface area contributed by atoms with Crippen LogP contribution in [0.1, 0.15) is 247 Å². The van der Waals surface area contributed by atoms with Crippen molar-refractivity contribution >= 4 is 22.3 Å². The molecule has 4 atom stereocenters. The molecule has 22 nitrogen and oxygen atoms in total. The molecule has 0 radical (unpaired) electrons. The molecule has 14 aliphatic rings. The standard InChI is InChI=1S/C17H19NO.C11H15NO.C11H13NO.C11H15N.C11H13N.C9H19N.C8H17N.C8H15N.C7H15NO2.2C6H13NO.C6H13N.C5H11NO.C5H11N/c19-17(9-12-18-10-3-4-11-18)16-8-7-14-5-1-2-6-15(14)13-16;2*13-11-6-7-12(9-11)8-10-4-2-1-3-5-10;2*1-2-6-11(7-3-1)10-12-8-4-5-9-12;1-2-3-4-7-10-8-5-6-9-10;2*1-2-3-6-9-7-4-5-8-9;9-6-7(10)5-8-3-1-2-4-8;1-2-7-4-3-6(8)5-7;8-6-5-7-3-1-2-4-7;1-2-7-5-3-4-6-7;1-6-3-2-5(7)4-6;1-6-4-2-3-5-6/h1-2,5-8,13H,3-4,9-12H2;1-5,11,13H,6-9H2;1-5H,6-9H2;1-3,6-7H,4-5,8-10H2;1-7H,8-10H2;2-9H2,1H3;2-8H2,1H3;2H,1,3-8H2;7,9-10H,1-6H2;6,8H,2-5H2,1H3;8H,1-6H2;2-6H2,1H3;5,7H,2-4H2,1H3;2-5H2,1H3. The highest BCUT2D eigenvalue weighted by Crippen LogP contribution is 2.22. The fourth-order valence-electron chi connectivity index (χ4n) is 20.2. The van der Waals surface area contributed by atoms with Crippen molar-refractivity contribution in [1.29, 1.82) is 0 Å². The Morgan fingerprint density at radius 2 is 0.741 bits per heavy atom. The molecular formula is C121H202N14O8. The molecule has 13 saturated heterocycles. The largest absolute Gasteiger partial charge is 0.395 e. The number of β-amino-alcohol motifs (C(OH)–C–C–N with tert-alkyl or cyclic N) is 5. The Hall–Kier alpha value is -6.40. The van der Waals surface area contributed by atoms with Crippen LogP contribution >= 0.6 is 0 Å². The third kappa shape index (κ3) is 59.0. The van der Waals surface area contributed by atoms with Crippen LogP contribution in [-0.2, 0) is 31.0 Å². The minimum Gasteiger partial charge on any atom is -0.395 e. The Balaban J connectivity index is 0.000000211. The van der Waals surface area contributed by atoms with Crippen molar-refractivity contribution in [3.05, 3.63) is 216 Å². The number of Topliss-reactive ketones (excluding diaryl/α,β-unsaturated/α-hetero) is 2. The van der Waals surface area contributed by atoms with Gasteiger partial charge in [-0.3, -0.25) is 29.2 Å². The molecule has 14 heterocycles. The Bertz CT molecular complexity index is 3980. The van der Waals surface area contributed by atoms with E-state index in [4.69, 9.17) is 25.5 Å². The van der Waals surface area contributed by atoms with Gasteiger partial charge in [0, 0.05) is 130 Å². The van der Waals surface area contributed by atoms with Crippen molar-refractivity contribution in [2.45, 2.75) is 264 Å². The van der Waals surface area contributed by atoms with Crippen LogP contribution < -0.4 is 0 Å². The number of carbonyl (C=O) groups excluding carboxylic acids is 2. The molecule has 6 aromatic carbocycles. The van der Waals surface area contributed by atoms with Gasteiger partial charge in [-0.15, -0.1) is 6.58 Å². The third-order valence-electron chi connectivity index (χ3n) is 29.0. The lowest BCUT2D eigenvalue weighted by atomic mass is 10.0. The first-order chi connectivity index (χ1) is 69.9. The number of carbonyl (C=O) groups is 2. The zero-order valence-electron chi connectivity index (χ0n) is 90.8. The molecule has 6 N–H and O–H groups in total. The van der Waals surface area contributed by atoms with Crippen LogP contribution in [-0.4, -0.2) is 398 Å². The number of unbranched alkanes of at least 4 members (excludes halogenated alkanes) is 3. The zero-order chi connectivity index (χ0) is 102. The smallest absolute Gasteiger partial charge is 0.164 e. The zero-order valence-corrected chi connectivity index (χ0v) is 90.8. The molecule has 804 valence electrons. The molecular weight excluding hydrogens is 1780 g/mol. The highest BCUT2D eigenvalue weighted by Gasteiger charge is 2.24. The number of aliphatic hydroxyl groups is 6. The van der Waals surface area contributed by atoms with Crippen molar-refractivity contribution in [2.75, 3.05) is 263 Å². The van der Waals surface area contributed by atoms with Gasteiger partial charge in [0.2, 0.25) is 0 Å². The summed E-state index contributed by atoms with van der Waals surface area (Å²) in [4.78, 5) is 56.4. The first-order valence-electron chi connectivity index (χ1n) is 56.9. The van der Waals surface area contributed by atoms with E-state index in [1.54, 1.807) is 0 Å². The molecule has 0 saturated carbocycles. The summed E-state index contributed by atoms with van der Waals surface area (Å²) in [5, 5.41) is 55.6. The number of nitrogens with zero attached hydrogens (tertiary/aromatic N) is 14. The summed E-state index contributed by atoms with van der Waals surface area (Å²) in [6.07, 6.45) is 42.6. The van der Waals surface area contributed by atoms with E-state index in [1.165, 1.54) is 293 Å². The lowest BCUT2D eigenvalue weighted by Gasteiger charge is -2.17. The van der Waals surface area contributed by atoms with Crippen molar-refractivity contribution in [3.8, 4) is 0 Å². The summed E-state index contributed by atoms with van der Waals surface area (Å²) in [6.45, 7) is 57.9. The van der Waals surface area contributed by atoms with Crippen LogP contribution in [0.2, 0.25) is 0 Å². The van der Waals surface area contributed by atoms with E-state index < -0.39 is 6.10 Å². The Morgan fingerprint density at radius 1 is 0.364 bits per heavy atom. The van der Waals surface area contributed by atoms with Gasteiger partial charge in [-0.1, -0.05) is 223 Å². The second-order valence-corrected chi connectivity index (χ2v) is 41.6. The first kappa shape index (κ1) is 124. The molecule has 0 amide bonds. The van der Waals surface area contributed by atoms with Crippen molar-refractivity contribution in [3.63, 3.8) is 0 Å². The summed E-state index contributed by atoms with van der Waals surface area (Å²) in [6, 6.07) is 56.2. The summed E-state index contributed by atoms with van der Waals surface area (Å²) in [5.41, 5.74) is 6.31. The molecule has 22 heteroatoms. The summed E-state index contributed by atoms with van der Waals surface area (Å²) >= 11 is 0. The lowest BCUT2D eigenvalue weighted by Crippen LogP contribution is -2.31. The van der Waals surface area contributed by atoms with Gasteiger partial charge in [0.25, 0.3) is 0 Å². The molecule has 143 heavy (non-hydrogen) atoms. The van der Waals surface area contributed by atoms with Crippen LogP contribution in [0.25, 0.3) is 10.8 Å². The second kappa shape index (κ2) is 79.7. The van der Waals surface area contributed by atoms with Gasteiger partial charge in [0.05, 0.1) is 44.2 Å². The predicted octanol–water partition coefficient (Wildman–Crippen LogP) is 17.5. The summed E-state index contributed by atoms with van der Waals surface area (Å²) in [5.74, 6) is 0.633. The Labute approximate surface area is 869 Å². The van der Waals surface area contributed by atoms with Gasteiger partial charge >= 0.3 is 0 Å². The van der Waals surface area contributed by atoms with E-state index in [1.807, 2.05) is 67.7 Å². The molecule has 6 aromatic rings. The highest BCUT2D eigenvalue weighted by atomic mass is 16.3. The SMILES string of the molecule is C1=CCN(Cc2ccccc2)C1.C=CCCN1CCCC1.CCCCCN1CCCC1.CCCCN1CCCC1.CCN1CCC(O)C1.CCN1CCCC1.CN1CCC(O)C1.CN1CCCC1.O=C(CCN1CCCC1)c1ccc2ccccc2c1.O=C1CCN(Cc2ccccc2)C1.OC1CCN(Cc2ccccc2)C1.OCC(O)CN1CCCC1.OCCN1CCCC1.c1ccc(CN2CCCC2)cc1. The third-order valence-corrected chi connectivity index (χ3v) is 29.0. The average Bonchev–Trinajstić information content (AvgIpc) is 1.80. The number of aliphatic hydroxyl groups excluding tert-OH is 6. The van der Waals surface area contributed by atoms with Gasteiger partial charge in [-0.05, 0) is 351 Å². The fourth-order valence-corrected chi connectivity index (χ4v) is 20.2. The summed E-state index contributed by atoms with van der Waals surface area (Å²) in [7, 11) is 4.20. The number of hydrogen-bond acceptors (Lipinski definition) is 22. The minimum absolute atomic E-state index is 0.0463. The van der Waals surface area contributed by atoms with Crippen LogP contribution in [0.5, 0.6) is 0 Å². The number of fused-ring (bicyclic) bond motifs is 1. The normalized spacial score (nSPS) is 21.4. The maximum Gasteiger partial charge on any atom is 0.164 e. The topological polar surface area (TPSA) is 201 Å². The number of benzene rings is 6. The van der Waals surface area contributed by atoms with Crippen LogP contribution in [0, 0.1) is 0 Å². The maximum absolute atomic E-state index is 12.2. The molecule has 0 bridgehead atoms. The van der Waals surface area contributed by atoms with Crippen LogP contribution in [0.4, 0.5) is 0 Å². The molecule has 0 spiro atoms. The van der Waals surface area contributed by atoms with E-state index in [0.29, 0.717) is 31.9 Å². The number of likely N-dealkylation sites (tertiary alicyclic amines) is 13. The number of rotatable bonds is 29.